The molecule has 0 saturated carbocycles. The summed E-state index contributed by atoms with van der Waals surface area (Å²) in [7, 11) is 0. The summed E-state index contributed by atoms with van der Waals surface area (Å²) in [6.45, 7) is -0.108. The summed E-state index contributed by atoms with van der Waals surface area (Å²) >= 11 is 0. The molecule has 0 radical (unpaired) electrons. The molecule has 6 N–H and O–H groups in total. The second-order valence-electron chi connectivity index (χ2n) is 6.37. The average Bonchev–Trinajstić information content (AvgIpc) is 2.67. The smallest absolute Gasteiger partial charge is 0.270 e. The molecule has 10 heteroatoms. The molecule has 0 spiro atoms. The van der Waals surface area contributed by atoms with Crippen LogP contribution in [0, 0.1) is 10.1 Å². The van der Waals surface area contributed by atoms with E-state index in [0.29, 0.717) is 11.1 Å². The van der Waals surface area contributed by atoms with Crippen molar-refractivity contribution in [2.24, 2.45) is 11.5 Å². The molecule has 3 unspecified atom stereocenters. The van der Waals surface area contributed by atoms with Crippen molar-refractivity contribution in [3.05, 3.63) is 64.2 Å². The number of carbonyl (C=O) groups is 2. The van der Waals surface area contributed by atoms with Crippen molar-refractivity contribution in [1.82, 2.24) is 0 Å². The minimum Gasteiger partial charge on any atom is -0.390 e. The Morgan fingerprint density at radius 1 is 1.07 bits per heavy atom. The molecule has 0 saturated heterocycles. The number of hydrogen-bond donors (Lipinski definition) is 4. The maximum Gasteiger partial charge on any atom is 0.270 e. The van der Waals surface area contributed by atoms with Crippen molar-refractivity contribution in [2.75, 3.05) is 0 Å². The van der Waals surface area contributed by atoms with Crippen molar-refractivity contribution in [3.8, 4) is 11.1 Å². The number of amides is 2. The molecule has 2 amide bonds. The van der Waals surface area contributed by atoms with Gasteiger partial charge in [-0.25, -0.2) is 0 Å². The fraction of sp³-hybridized carbons (Fsp3) is 0.263. The standard InChI is InChI=1S/C19H21N3O7/c20-16(24)9-15(23)17(25)18(19(21)26)29-10-11-4-6-12(7-5-11)13-2-1-3-14(8-13)22(27)28/h1-8,15,17-18,23,25H,9-10H2,(H2,20,24)(H2,21,26). The van der Waals surface area contributed by atoms with E-state index in [9.17, 15) is 29.9 Å². The van der Waals surface area contributed by atoms with Crippen LogP contribution >= 0.6 is 0 Å². The Bertz CT molecular complexity index is 886. The molecule has 0 bridgehead atoms. The van der Waals surface area contributed by atoms with Gasteiger partial charge in [-0.15, -0.1) is 0 Å². The first kappa shape index (κ1) is 22.0. The van der Waals surface area contributed by atoms with Crippen LogP contribution in [0.25, 0.3) is 11.1 Å². The highest BCUT2D eigenvalue weighted by atomic mass is 16.6. The van der Waals surface area contributed by atoms with E-state index in [1.807, 2.05) is 0 Å². The largest absolute Gasteiger partial charge is 0.390 e. The van der Waals surface area contributed by atoms with E-state index in [1.54, 1.807) is 36.4 Å². The second kappa shape index (κ2) is 9.73. The first-order chi connectivity index (χ1) is 13.7. The lowest BCUT2D eigenvalue weighted by Gasteiger charge is -2.24. The Morgan fingerprint density at radius 3 is 2.28 bits per heavy atom. The normalized spacial score (nSPS) is 14.0. The summed E-state index contributed by atoms with van der Waals surface area (Å²) in [5.41, 5.74) is 12.2. The number of rotatable bonds is 10. The van der Waals surface area contributed by atoms with Gasteiger partial charge in [-0.3, -0.25) is 19.7 Å². The highest BCUT2D eigenvalue weighted by Crippen LogP contribution is 2.24. The van der Waals surface area contributed by atoms with Gasteiger partial charge < -0.3 is 26.4 Å². The van der Waals surface area contributed by atoms with Crippen LogP contribution in [0.5, 0.6) is 0 Å². The van der Waals surface area contributed by atoms with Crippen LogP contribution in [0.4, 0.5) is 5.69 Å². The van der Waals surface area contributed by atoms with Crippen molar-refractivity contribution >= 4 is 17.5 Å². The Labute approximate surface area is 165 Å². The van der Waals surface area contributed by atoms with Crippen LogP contribution in [0.3, 0.4) is 0 Å². The maximum atomic E-state index is 11.5. The fourth-order valence-electron chi connectivity index (χ4n) is 2.66. The first-order valence-corrected chi connectivity index (χ1v) is 8.58. The summed E-state index contributed by atoms with van der Waals surface area (Å²) in [6, 6.07) is 13.0. The molecule has 0 aliphatic rings. The lowest BCUT2D eigenvalue weighted by Crippen LogP contribution is -2.48. The topological polar surface area (TPSA) is 179 Å². The number of aliphatic hydroxyl groups is 2. The van der Waals surface area contributed by atoms with Crippen molar-refractivity contribution in [3.63, 3.8) is 0 Å². The zero-order chi connectivity index (χ0) is 21.6. The van der Waals surface area contributed by atoms with Gasteiger partial charge >= 0.3 is 0 Å². The maximum absolute atomic E-state index is 11.5. The molecule has 0 aliphatic carbocycles. The number of nitro groups is 1. The van der Waals surface area contributed by atoms with Gasteiger partial charge in [0.2, 0.25) is 11.8 Å². The molecule has 0 heterocycles. The zero-order valence-corrected chi connectivity index (χ0v) is 15.3. The number of benzene rings is 2. The molecule has 2 aromatic rings. The summed E-state index contributed by atoms with van der Waals surface area (Å²) < 4.78 is 5.32. The monoisotopic (exact) mass is 403 g/mol. The quantitative estimate of drug-likeness (QED) is 0.324. The van der Waals surface area contributed by atoms with Crippen LogP contribution in [0.2, 0.25) is 0 Å². The van der Waals surface area contributed by atoms with Gasteiger partial charge in [0.1, 0.15) is 6.10 Å². The number of primary amides is 2. The number of aliphatic hydroxyl groups excluding tert-OH is 2. The minimum atomic E-state index is -1.72. The van der Waals surface area contributed by atoms with Crippen LogP contribution < -0.4 is 11.5 Å². The zero-order valence-electron chi connectivity index (χ0n) is 15.3. The summed E-state index contributed by atoms with van der Waals surface area (Å²) in [4.78, 5) is 32.8. The number of non-ortho nitro benzene ring substituents is 1. The molecule has 0 fully saturated rings. The fourth-order valence-corrected chi connectivity index (χ4v) is 2.66. The molecule has 10 nitrogen and oxygen atoms in total. The van der Waals surface area contributed by atoms with E-state index in [4.69, 9.17) is 16.2 Å². The first-order valence-electron chi connectivity index (χ1n) is 8.58. The minimum absolute atomic E-state index is 0.0253. The summed E-state index contributed by atoms with van der Waals surface area (Å²) in [6.07, 6.45) is -5.40. The van der Waals surface area contributed by atoms with Gasteiger partial charge in [0.15, 0.2) is 6.10 Å². The van der Waals surface area contributed by atoms with E-state index in [0.717, 1.165) is 5.56 Å². The molecular formula is C19H21N3O7. The van der Waals surface area contributed by atoms with Gasteiger partial charge in [0.25, 0.3) is 5.69 Å². The Morgan fingerprint density at radius 2 is 1.72 bits per heavy atom. The lowest BCUT2D eigenvalue weighted by molar-refractivity contribution is -0.384. The third kappa shape index (κ3) is 6.07. The van der Waals surface area contributed by atoms with Crippen LogP contribution in [0.1, 0.15) is 12.0 Å². The van der Waals surface area contributed by atoms with Crippen LogP contribution in [-0.2, 0) is 20.9 Å². The molecule has 2 rings (SSSR count). The third-order valence-electron chi connectivity index (χ3n) is 4.17. The van der Waals surface area contributed by atoms with E-state index in [1.165, 1.54) is 12.1 Å². The molecule has 3 atom stereocenters. The predicted molar refractivity (Wildman–Crippen MR) is 102 cm³/mol. The van der Waals surface area contributed by atoms with Gasteiger partial charge in [-0.05, 0) is 16.7 Å². The number of hydrogen-bond acceptors (Lipinski definition) is 7. The van der Waals surface area contributed by atoms with Crippen molar-refractivity contribution in [1.29, 1.82) is 0 Å². The molecule has 0 aromatic heterocycles. The molecule has 2 aromatic carbocycles. The van der Waals surface area contributed by atoms with E-state index in [-0.39, 0.29) is 12.3 Å². The number of carbonyl (C=O) groups excluding carboxylic acids is 2. The number of nitro benzene ring substituents is 1. The SMILES string of the molecule is NC(=O)CC(O)C(O)C(OCc1ccc(-c2cccc([N+](=O)[O-])c2)cc1)C(N)=O. The second-order valence-corrected chi connectivity index (χ2v) is 6.37. The Kier molecular flexibility index (Phi) is 7.37. The number of nitrogens with two attached hydrogens (primary N) is 2. The molecule has 0 aliphatic heterocycles. The van der Waals surface area contributed by atoms with Gasteiger partial charge in [-0.1, -0.05) is 36.4 Å². The molecular weight excluding hydrogens is 382 g/mol. The van der Waals surface area contributed by atoms with Crippen LogP contribution in [-0.4, -0.2) is 45.3 Å². The van der Waals surface area contributed by atoms with E-state index in [2.05, 4.69) is 0 Å². The molecule has 29 heavy (non-hydrogen) atoms. The average molecular weight is 403 g/mol. The highest BCUT2D eigenvalue weighted by Gasteiger charge is 2.32. The predicted octanol–water partition coefficient (Wildman–Crippen LogP) is 0.230. The Hall–Kier alpha value is -3.34. The lowest BCUT2D eigenvalue weighted by atomic mass is 10.0. The number of ether oxygens (including phenoxy) is 1. The Balaban J connectivity index is 2.06. The summed E-state index contributed by atoms with van der Waals surface area (Å²) in [5.74, 6) is -1.86. The highest BCUT2D eigenvalue weighted by molar-refractivity contribution is 5.80. The van der Waals surface area contributed by atoms with Gasteiger partial charge in [0.05, 0.1) is 24.1 Å². The van der Waals surface area contributed by atoms with Gasteiger partial charge in [-0.2, -0.15) is 0 Å². The van der Waals surface area contributed by atoms with E-state index < -0.39 is 41.5 Å². The third-order valence-corrected chi connectivity index (χ3v) is 4.17. The van der Waals surface area contributed by atoms with E-state index >= 15 is 0 Å². The molecule has 154 valence electrons. The number of nitrogens with zero attached hydrogens (tertiary/aromatic N) is 1. The van der Waals surface area contributed by atoms with Crippen LogP contribution in [0.15, 0.2) is 48.5 Å². The van der Waals surface area contributed by atoms with Gasteiger partial charge in [0, 0.05) is 12.1 Å². The summed E-state index contributed by atoms with van der Waals surface area (Å²) in [5, 5.41) is 30.6. The van der Waals surface area contributed by atoms with Crippen molar-refractivity contribution in [2.45, 2.75) is 31.3 Å². The van der Waals surface area contributed by atoms with Crippen molar-refractivity contribution < 1.29 is 29.5 Å².